The highest BCUT2D eigenvalue weighted by molar-refractivity contribution is 7.80. The number of rotatable bonds is 6. The summed E-state index contributed by atoms with van der Waals surface area (Å²) in [4.78, 5) is 19.8. The van der Waals surface area contributed by atoms with E-state index in [1.54, 1.807) is 21.0 Å². The van der Waals surface area contributed by atoms with Crippen molar-refractivity contribution in [2.24, 2.45) is 0 Å². The van der Waals surface area contributed by atoms with Crippen molar-refractivity contribution in [2.75, 3.05) is 32.2 Å². The number of carbonyl (C=O) groups excluding carboxylic acids is 1. The van der Waals surface area contributed by atoms with Gasteiger partial charge in [0.05, 0.1) is 24.5 Å². The number of nitrogens with zero attached hydrogens (tertiary/aromatic N) is 2. The van der Waals surface area contributed by atoms with Crippen molar-refractivity contribution < 1.29 is 14.3 Å². The molecule has 0 aliphatic rings. The number of thiocarbonyl (C=S) groups is 1. The zero-order chi connectivity index (χ0) is 15.0. The van der Waals surface area contributed by atoms with Gasteiger partial charge in [-0.15, -0.1) is 0 Å². The first-order valence-corrected chi connectivity index (χ1v) is 6.53. The molecule has 1 heterocycles. The minimum atomic E-state index is -0.433. The van der Waals surface area contributed by atoms with Gasteiger partial charge in [0, 0.05) is 19.9 Å². The largest absolute Gasteiger partial charge is 0.462 e. The van der Waals surface area contributed by atoms with Gasteiger partial charge >= 0.3 is 5.97 Å². The first kappa shape index (κ1) is 16.3. The van der Waals surface area contributed by atoms with Gasteiger partial charge in [-0.2, -0.15) is 0 Å². The number of nitrogens with one attached hydrogen (secondary N) is 2. The van der Waals surface area contributed by atoms with Crippen molar-refractivity contribution in [1.29, 1.82) is 0 Å². The summed E-state index contributed by atoms with van der Waals surface area (Å²) in [6.07, 6.45) is 1.42. The number of carbonyl (C=O) groups is 1. The van der Waals surface area contributed by atoms with Crippen LogP contribution in [0.25, 0.3) is 0 Å². The molecule has 0 fully saturated rings. The predicted molar refractivity (Wildman–Crippen MR) is 78.8 cm³/mol. The standard InChI is InChI=1S/C12H18N4O3S/c1-4-19-10(17)9-7-14-11(15-8(9)2)16-12(20)13-5-6-18-3/h7H,4-6H2,1-3H3,(H2,13,14,15,16,20). The van der Waals surface area contributed by atoms with Crippen LogP contribution >= 0.6 is 12.2 Å². The van der Waals surface area contributed by atoms with E-state index < -0.39 is 5.97 Å². The maximum absolute atomic E-state index is 11.6. The maximum atomic E-state index is 11.6. The Kier molecular flexibility index (Phi) is 6.82. The van der Waals surface area contributed by atoms with Crippen LogP contribution in [0.5, 0.6) is 0 Å². The minimum absolute atomic E-state index is 0.311. The normalized spacial score (nSPS) is 9.95. The molecule has 0 saturated carbocycles. The molecule has 0 radical (unpaired) electrons. The van der Waals surface area contributed by atoms with E-state index in [9.17, 15) is 4.79 Å². The summed E-state index contributed by atoms with van der Waals surface area (Å²) in [5, 5.41) is 6.16. The van der Waals surface area contributed by atoms with Crippen LogP contribution in [0.3, 0.4) is 0 Å². The molecule has 7 nitrogen and oxygen atoms in total. The Bertz CT molecular complexity index is 482. The molecule has 0 spiro atoms. The monoisotopic (exact) mass is 298 g/mol. The zero-order valence-corrected chi connectivity index (χ0v) is 12.5. The lowest BCUT2D eigenvalue weighted by Crippen LogP contribution is -2.31. The van der Waals surface area contributed by atoms with E-state index in [4.69, 9.17) is 21.7 Å². The summed E-state index contributed by atoms with van der Waals surface area (Å²) in [7, 11) is 1.61. The fraction of sp³-hybridized carbons (Fsp3) is 0.500. The fourth-order valence-electron chi connectivity index (χ4n) is 1.35. The van der Waals surface area contributed by atoms with E-state index in [-0.39, 0.29) is 0 Å². The molecule has 0 aliphatic carbocycles. The van der Waals surface area contributed by atoms with Gasteiger partial charge in [0.1, 0.15) is 0 Å². The van der Waals surface area contributed by atoms with Gasteiger partial charge in [-0.05, 0) is 26.1 Å². The first-order chi connectivity index (χ1) is 9.58. The molecule has 0 aromatic carbocycles. The van der Waals surface area contributed by atoms with Crippen molar-refractivity contribution in [3.05, 3.63) is 17.5 Å². The van der Waals surface area contributed by atoms with E-state index in [1.165, 1.54) is 6.20 Å². The fourth-order valence-corrected chi connectivity index (χ4v) is 1.54. The van der Waals surface area contributed by atoms with Crippen molar-refractivity contribution in [3.8, 4) is 0 Å². The highest BCUT2D eigenvalue weighted by Crippen LogP contribution is 2.08. The summed E-state index contributed by atoms with van der Waals surface area (Å²) in [5.74, 6) is -0.109. The average Bonchev–Trinajstić information content (AvgIpc) is 2.39. The summed E-state index contributed by atoms with van der Waals surface area (Å²) >= 11 is 5.07. The van der Waals surface area contributed by atoms with Crippen LogP contribution in [0.2, 0.25) is 0 Å². The van der Waals surface area contributed by atoms with Gasteiger partial charge in [-0.25, -0.2) is 14.8 Å². The van der Waals surface area contributed by atoms with Crippen LogP contribution in [-0.2, 0) is 9.47 Å². The molecule has 2 N–H and O–H groups in total. The smallest absolute Gasteiger partial charge is 0.341 e. The molecular formula is C12H18N4O3S. The highest BCUT2D eigenvalue weighted by atomic mass is 32.1. The molecule has 0 unspecified atom stereocenters. The summed E-state index contributed by atoms with van der Waals surface area (Å²) in [6, 6.07) is 0. The van der Waals surface area contributed by atoms with Crippen LogP contribution in [0.4, 0.5) is 5.95 Å². The third-order valence-electron chi connectivity index (χ3n) is 2.29. The quantitative estimate of drug-likeness (QED) is 0.455. The van der Waals surface area contributed by atoms with Gasteiger partial charge in [-0.3, -0.25) is 0 Å². The summed E-state index contributed by atoms with van der Waals surface area (Å²) < 4.78 is 9.80. The zero-order valence-electron chi connectivity index (χ0n) is 11.7. The van der Waals surface area contributed by atoms with E-state index >= 15 is 0 Å². The third-order valence-corrected chi connectivity index (χ3v) is 2.54. The molecule has 0 aliphatic heterocycles. The molecule has 0 amide bonds. The van der Waals surface area contributed by atoms with Gasteiger partial charge < -0.3 is 20.1 Å². The Morgan fingerprint density at radius 3 is 2.85 bits per heavy atom. The number of esters is 1. The van der Waals surface area contributed by atoms with E-state index in [2.05, 4.69) is 20.6 Å². The van der Waals surface area contributed by atoms with Crippen molar-refractivity contribution in [2.45, 2.75) is 13.8 Å². The van der Waals surface area contributed by atoms with Crippen molar-refractivity contribution in [3.63, 3.8) is 0 Å². The van der Waals surface area contributed by atoms with Crippen LogP contribution in [0.15, 0.2) is 6.20 Å². The second-order valence-corrected chi connectivity index (χ2v) is 4.20. The topological polar surface area (TPSA) is 85.4 Å². The number of aryl methyl sites for hydroxylation is 1. The molecule has 8 heteroatoms. The highest BCUT2D eigenvalue weighted by Gasteiger charge is 2.12. The SMILES string of the molecule is CCOC(=O)c1cnc(NC(=S)NCCOC)nc1C. The number of ether oxygens (including phenoxy) is 2. The number of methoxy groups -OCH3 is 1. The Hall–Kier alpha value is -1.80. The second kappa shape index (κ2) is 8.39. The van der Waals surface area contributed by atoms with Gasteiger partial charge in [0.2, 0.25) is 5.95 Å². The van der Waals surface area contributed by atoms with Crippen molar-refractivity contribution in [1.82, 2.24) is 15.3 Å². The lowest BCUT2D eigenvalue weighted by molar-refractivity contribution is 0.0524. The van der Waals surface area contributed by atoms with Crippen molar-refractivity contribution >= 4 is 29.2 Å². The average molecular weight is 298 g/mol. The molecule has 0 atom stereocenters. The lowest BCUT2D eigenvalue weighted by atomic mass is 10.2. The van der Waals surface area contributed by atoms with E-state index in [0.717, 1.165) is 0 Å². The molecular weight excluding hydrogens is 280 g/mol. The molecule has 20 heavy (non-hydrogen) atoms. The molecule has 0 saturated heterocycles. The van der Waals surface area contributed by atoms with Gasteiger partial charge in [0.25, 0.3) is 0 Å². The molecule has 1 aromatic rings. The Labute approximate surface area is 123 Å². The van der Waals surface area contributed by atoms with Crippen LogP contribution < -0.4 is 10.6 Å². The van der Waals surface area contributed by atoms with E-state index in [1.807, 2.05) is 0 Å². The van der Waals surface area contributed by atoms with Gasteiger partial charge in [-0.1, -0.05) is 0 Å². The molecule has 110 valence electrons. The predicted octanol–water partition coefficient (Wildman–Crippen LogP) is 0.895. The Morgan fingerprint density at radius 1 is 1.50 bits per heavy atom. The van der Waals surface area contributed by atoms with Crippen LogP contribution in [0.1, 0.15) is 23.0 Å². The molecule has 1 aromatic heterocycles. The third kappa shape index (κ3) is 5.06. The second-order valence-electron chi connectivity index (χ2n) is 3.79. The van der Waals surface area contributed by atoms with Crippen LogP contribution in [-0.4, -0.2) is 47.9 Å². The van der Waals surface area contributed by atoms with Crippen LogP contribution in [0, 0.1) is 6.92 Å². The minimum Gasteiger partial charge on any atom is -0.462 e. The first-order valence-electron chi connectivity index (χ1n) is 6.13. The number of hydrogen-bond acceptors (Lipinski definition) is 6. The molecule has 1 rings (SSSR count). The maximum Gasteiger partial charge on any atom is 0.341 e. The summed E-state index contributed by atoms with van der Waals surface area (Å²) in [6.45, 7) is 4.89. The number of aromatic nitrogens is 2. The number of hydrogen-bond donors (Lipinski definition) is 2. The Balaban J connectivity index is 2.63. The summed E-state index contributed by atoms with van der Waals surface area (Å²) in [5.41, 5.74) is 0.872. The van der Waals surface area contributed by atoms with Gasteiger partial charge in [0.15, 0.2) is 5.11 Å². The lowest BCUT2D eigenvalue weighted by Gasteiger charge is -2.10. The number of anilines is 1. The Morgan fingerprint density at radius 2 is 2.25 bits per heavy atom. The van der Waals surface area contributed by atoms with E-state index in [0.29, 0.717) is 42.1 Å². The molecule has 0 bridgehead atoms.